The summed E-state index contributed by atoms with van der Waals surface area (Å²) in [6.45, 7) is 6.50. The van der Waals surface area contributed by atoms with Crippen LogP contribution in [0.3, 0.4) is 0 Å². The molecule has 0 aliphatic heterocycles. The van der Waals surface area contributed by atoms with Gasteiger partial charge in [-0.2, -0.15) is 18.3 Å². The molecule has 0 bridgehead atoms. The Morgan fingerprint density at radius 3 is 2.50 bits per heavy atom. The molecule has 1 unspecified atom stereocenters. The van der Waals surface area contributed by atoms with Crippen molar-refractivity contribution in [3.05, 3.63) is 94.0 Å². The van der Waals surface area contributed by atoms with Crippen molar-refractivity contribution in [2.45, 2.75) is 58.3 Å². The lowest BCUT2D eigenvalue weighted by Crippen LogP contribution is -2.35. The first kappa shape index (κ1) is 27.0. The summed E-state index contributed by atoms with van der Waals surface area (Å²) in [6, 6.07) is 8.71. The van der Waals surface area contributed by atoms with Crippen LogP contribution < -0.4 is 10.7 Å². The van der Waals surface area contributed by atoms with E-state index >= 15 is 0 Å². The number of hydrogen-bond acceptors (Lipinski definition) is 4. The number of aromatic hydroxyl groups is 1. The Hall–Kier alpha value is -3.62. The highest BCUT2D eigenvalue weighted by molar-refractivity contribution is 5.92. The molecule has 1 fully saturated rings. The van der Waals surface area contributed by atoms with Crippen molar-refractivity contribution in [3.63, 3.8) is 0 Å². The van der Waals surface area contributed by atoms with Gasteiger partial charge in [-0.1, -0.05) is 68.0 Å². The van der Waals surface area contributed by atoms with Gasteiger partial charge in [-0.3, -0.25) is 14.3 Å². The topological polar surface area (TPSA) is 84.2 Å². The molecule has 1 amide bonds. The lowest BCUT2D eigenvalue weighted by Gasteiger charge is -2.32. The van der Waals surface area contributed by atoms with Crippen molar-refractivity contribution in [3.8, 4) is 5.75 Å². The van der Waals surface area contributed by atoms with Gasteiger partial charge in [0.25, 0.3) is 11.3 Å². The van der Waals surface area contributed by atoms with E-state index in [1.54, 1.807) is 13.0 Å². The Labute approximate surface area is 207 Å². The molecule has 1 atom stereocenters. The van der Waals surface area contributed by atoms with Crippen LogP contribution in [0.5, 0.6) is 5.75 Å². The summed E-state index contributed by atoms with van der Waals surface area (Å²) < 4.78 is 41.2. The number of nitrogens with one attached hydrogen (secondary N) is 1. The van der Waals surface area contributed by atoms with Crippen LogP contribution in [-0.4, -0.2) is 27.0 Å². The van der Waals surface area contributed by atoms with Crippen molar-refractivity contribution in [2.24, 2.45) is 5.41 Å². The number of allylic oxidation sites excluding steroid dienone is 5. The van der Waals surface area contributed by atoms with Gasteiger partial charge >= 0.3 is 6.18 Å². The molecule has 2 aromatic rings. The molecule has 9 heteroatoms. The lowest BCUT2D eigenvalue weighted by molar-refractivity contribution is -0.0914. The second-order valence-electron chi connectivity index (χ2n) is 9.17. The maximum absolute atomic E-state index is 13.3. The first-order valence-corrected chi connectivity index (χ1v) is 11.7. The van der Waals surface area contributed by atoms with Gasteiger partial charge in [0.2, 0.25) is 0 Å². The van der Waals surface area contributed by atoms with Crippen molar-refractivity contribution >= 4 is 5.91 Å². The highest BCUT2D eigenvalue weighted by Gasteiger charge is 2.39. The van der Waals surface area contributed by atoms with E-state index in [1.807, 2.05) is 30.3 Å². The van der Waals surface area contributed by atoms with Gasteiger partial charge in [-0.05, 0) is 37.8 Å². The molecule has 36 heavy (non-hydrogen) atoms. The first-order valence-electron chi connectivity index (χ1n) is 11.7. The Morgan fingerprint density at radius 1 is 1.28 bits per heavy atom. The Kier molecular flexibility index (Phi) is 8.22. The van der Waals surface area contributed by atoms with Crippen molar-refractivity contribution in [1.82, 2.24) is 15.1 Å². The quantitative estimate of drug-likeness (QED) is 0.460. The van der Waals surface area contributed by atoms with Crippen LogP contribution in [0.2, 0.25) is 0 Å². The Bertz CT molecular complexity index is 1220. The normalized spacial score (nSPS) is 17.0. The van der Waals surface area contributed by atoms with E-state index in [-0.39, 0.29) is 6.54 Å². The zero-order valence-corrected chi connectivity index (χ0v) is 20.3. The number of carbonyl (C=O) groups is 1. The largest absolute Gasteiger partial charge is 0.503 e. The second-order valence-corrected chi connectivity index (χ2v) is 9.17. The highest BCUT2D eigenvalue weighted by atomic mass is 19.4. The van der Waals surface area contributed by atoms with Gasteiger partial charge in [0, 0.05) is 11.0 Å². The molecule has 1 aliphatic rings. The van der Waals surface area contributed by atoms with E-state index < -0.39 is 46.0 Å². The fraction of sp³-hybridized carbons (Fsp3) is 0.370. The molecule has 1 aromatic carbocycles. The standard InChI is InChI=1S/C27H30F3N3O3/c1-4-10-21(15-18(2)27(28,29)30)26(13-8-9-14-26)17-33-16-22(34)24(35)23(32-33)25(36)31-19(3)20-11-6-5-7-12-20/h4-7,10-12,15-16,19,34H,1,8-9,13-14,17H2,2-3H3,(H,31,36)/b18-15+,21-10+. The van der Waals surface area contributed by atoms with Gasteiger partial charge in [-0.15, -0.1) is 0 Å². The van der Waals surface area contributed by atoms with Crippen LogP contribution in [0.4, 0.5) is 13.2 Å². The van der Waals surface area contributed by atoms with Gasteiger partial charge in [0.05, 0.1) is 18.8 Å². The average Bonchev–Trinajstić information content (AvgIpc) is 3.30. The summed E-state index contributed by atoms with van der Waals surface area (Å²) in [5.41, 5.74) is -1.62. The number of benzene rings is 1. The predicted octanol–water partition coefficient (Wildman–Crippen LogP) is 5.62. The van der Waals surface area contributed by atoms with Crippen molar-refractivity contribution < 1.29 is 23.1 Å². The molecule has 1 aliphatic carbocycles. The molecular formula is C27H30F3N3O3. The molecule has 6 nitrogen and oxygen atoms in total. The van der Waals surface area contributed by atoms with E-state index in [4.69, 9.17) is 0 Å². The number of rotatable bonds is 8. The summed E-state index contributed by atoms with van der Waals surface area (Å²) in [5.74, 6) is -1.41. The molecule has 0 radical (unpaired) electrons. The average molecular weight is 502 g/mol. The molecule has 2 N–H and O–H groups in total. The van der Waals surface area contributed by atoms with Crippen molar-refractivity contribution in [1.29, 1.82) is 0 Å². The monoisotopic (exact) mass is 501 g/mol. The minimum Gasteiger partial charge on any atom is -0.503 e. The van der Waals surface area contributed by atoms with Gasteiger partial charge in [0.1, 0.15) is 0 Å². The molecule has 1 saturated carbocycles. The summed E-state index contributed by atoms with van der Waals surface area (Å²) in [5, 5.41) is 17.2. The number of alkyl halides is 3. The summed E-state index contributed by atoms with van der Waals surface area (Å²) in [7, 11) is 0. The van der Waals surface area contributed by atoms with Crippen LogP contribution in [-0.2, 0) is 6.54 Å². The van der Waals surface area contributed by atoms with Crippen LogP contribution >= 0.6 is 0 Å². The Balaban J connectivity index is 1.96. The number of aromatic nitrogens is 2. The van der Waals surface area contributed by atoms with Gasteiger partial charge in [0.15, 0.2) is 11.4 Å². The SMILES string of the molecule is C=C/C=C(\C=C(/C)C(F)(F)F)C1(Cn2cc(O)c(=O)c(C(=O)NC(C)c3ccccc3)n2)CCCC1. The fourth-order valence-corrected chi connectivity index (χ4v) is 4.56. The lowest BCUT2D eigenvalue weighted by atomic mass is 9.77. The summed E-state index contributed by atoms with van der Waals surface area (Å²) in [6.07, 6.45) is 3.49. The molecule has 1 heterocycles. The summed E-state index contributed by atoms with van der Waals surface area (Å²) >= 11 is 0. The number of amides is 1. The maximum atomic E-state index is 13.3. The second kappa shape index (κ2) is 11.0. The van der Waals surface area contributed by atoms with Crippen LogP contribution in [0.25, 0.3) is 0 Å². The molecule has 0 spiro atoms. The number of hydrogen-bond donors (Lipinski definition) is 2. The summed E-state index contributed by atoms with van der Waals surface area (Å²) in [4.78, 5) is 25.4. The van der Waals surface area contributed by atoms with Crippen LogP contribution in [0, 0.1) is 5.41 Å². The van der Waals surface area contributed by atoms with Crippen molar-refractivity contribution in [2.75, 3.05) is 0 Å². The number of carbonyl (C=O) groups excluding carboxylic acids is 1. The number of nitrogens with zero attached hydrogens (tertiary/aromatic N) is 2. The predicted molar refractivity (Wildman–Crippen MR) is 131 cm³/mol. The molecular weight excluding hydrogens is 471 g/mol. The third-order valence-electron chi connectivity index (χ3n) is 6.56. The minimum absolute atomic E-state index is 0.0800. The van der Waals surface area contributed by atoms with E-state index in [0.29, 0.717) is 18.4 Å². The molecule has 3 rings (SSSR count). The maximum Gasteiger partial charge on any atom is 0.412 e. The third-order valence-corrected chi connectivity index (χ3v) is 6.56. The van der Waals surface area contributed by atoms with E-state index in [0.717, 1.165) is 37.6 Å². The van der Waals surface area contributed by atoms with E-state index in [9.17, 15) is 27.9 Å². The molecule has 0 saturated heterocycles. The van der Waals surface area contributed by atoms with E-state index in [2.05, 4.69) is 17.0 Å². The van der Waals surface area contributed by atoms with Gasteiger partial charge in [-0.25, -0.2) is 0 Å². The fourth-order valence-electron chi connectivity index (χ4n) is 4.56. The highest BCUT2D eigenvalue weighted by Crippen LogP contribution is 2.47. The van der Waals surface area contributed by atoms with Crippen LogP contribution in [0.1, 0.15) is 61.6 Å². The Morgan fingerprint density at radius 2 is 1.92 bits per heavy atom. The van der Waals surface area contributed by atoms with Gasteiger partial charge < -0.3 is 10.4 Å². The first-order chi connectivity index (χ1) is 17.0. The third kappa shape index (κ3) is 6.13. The molecule has 192 valence electrons. The van der Waals surface area contributed by atoms with Crippen LogP contribution in [0.15, 0.2) is 77.3 Å². The zero-order valence-electron chi connectivity index (χ0n) is 20.3. The van der Waals surface area contributed by atoms with E-state index in [1.165, 1.54) is 10.8 Å². The molecule has 1 aromatic heterocycles. The zero-order chi connectivity index (χ0) is 26.5. The minimum atomic E-state index is -4.48. The smallest absolute Gasteiger partial charge is 0.412 e. The number of halogens is 3.